The average molecular weight is 296 g/mol. The van der Waals surface area contributed by atoms with Gasteiger partial charge in [0.15, 0.2) is 0 Å². The highest BCUT2D eigenvalue weighted by Gasteiger charge is 2.08. The zero-order valence-electron chi connectivity index (χ0n) is 12.7. The van der Waals surface area contributed by atoms with Gasteiger partial charge in [0.2, 0.25) is 0 Å². The molecule has 2 rings (SSSR count). The van der Waals surface area contributed by atoms with Crippen molar-refractivity contribution in [3.05, 3.63) is 71.8 Å². The Morgan fingerprint density at radius 1 is 1.09 bits per heavy atom. The van der Waals surface area contributed by atoms with Crippen LogP contribution in [0.3, 0.4) is 0 Å². The summed E-state index contributed by atoms with van der Waals surface area (Å²) < 4.78 is 10.8. The molecule has 0 saturated heterocycles. The van der Waals surface area contributed by atoms with E-state index in [2.05, 4.69) is 13.5 Å². The number of rotatable bonds is 7. The van der Waals surface area contributed by atoms with Crippen molar-refractivity contribution < 1.29 is 14.3 Å². The van der Waals surface area contributed by atoms with Gasteiger partial charge in [-0.2, -0.15) is 0 Å². The summed E-state index contributed by atoms with van der Waals surface area (Å²) in [5, 5.41) is 0. The van der Waals surface area contributed by atoms with Crippen molar-refractivity contribution in [3.63, 3.8) is 0 Å². The highest BCUT2D eigenvalue weighted by molar-refractivity contribution is 5.91. The monoisotopic (exact) mass is 296 g/mol. The average Bonchev–Trinajstić information content (AvgIpc) is 2.56. The molecule has 0 aliphatic rings. The van der Waals surface area contributed by atoms with Gasteiger partial charge >= 0.3 is 5.97 Å². The van der Waals surface area contributed by atoms with Crippen molar-refractivity contribution in [2.75, 3.05) is 6.61 Å². The Morgan fingerprint density at radius 2 is 1.77 bits per heavy atom. The normalized spacial score (nSPS) is 10.2. The van der Waals surface area contributed by atoms with E-state index in [9.17, 15) is 4.79 Å². The minimum absolute atomic E-state index is 0.368. The third-order valence-corrected chi connectivity index (χ3v) is 3.13. The third-order valence-electron chi connectivity index (χ3n) is 3.13. The number of carbonyl (C=O) groups excluding carboxylic acids is 1. The smallest absolute Gasteiger partial charge is 0.343 e. The molecule has 2 aromatic rings. The van der Waals surface area contributed by atoms with Crippen LogP contribution in [0.5, 0.6) is 5.75 Å². The number of hydrogen-bond donors (Lipinski definition) is 0. The molecule has 2 aromatic carbocycles. The van der Waals surface area contributed by atoms with E-state index in [4.69, 9.17) is 9.47 Å². The van der Waals surface area contributed by atoms with Crippen molar-refractivity contribution in [3.8, 4) is 5.75 Å². The van der Waals surface area contributed by atoms with Crippen LogP contribution in [0.25, 0.3) is 6.08 Å². The van der Waals surface area contributed by atoms with E-state index in [1.807, 2.05) is 24.3 Å². The summed E-state index contributed by atoms with van der Waals surface area (Å²) >= 11 is 0. The van der Waals surface area contributed by atoms with Crippen LogP contribution < -0.4 is 4.74 Å². The van der Waals surface area contributed by atoms with Gasteiger partial charge in [-0.1, -0.05) is 43.8 Å². The molecule has 0 atom stereocenters. The SMILES string of the molecule is C=Cc1ccc(OC(=O)c2ccc(COCCC)cc2)cc1. The molecule has 0 spiro atoms. The number of benzene rings is 2. The molecule has 22 heavy (non-hydrogen) atoms. The molecular weight excluding hydrogens is 276 g/mol. The van der Waals surface area contributed by atoms with Gasteiger partial charge in [-0.05, 0) is 41.8 Å². The van der Waals surface area contributed by atoms with Crippen molar-refractivity contribution in [1.29, 1.82) is 0 Å². The summed E-state index contributed by atoms with van der Waals surface area (Å²) in [7, 11) is 0. The minimum atomic E-state index is -0.368. The first kappa shape index (κ1) is 16.0. The fourth-order valence-corrected chi connectivity index (χ4v) is 1.91. The van der Waals surface area contributed by atoms with E-state index in [0.29, 0.717) is 17.9 Å². The second-order valence-electron chi connectivity index (χ2n) is 4.91. The van der Waals surface area contributed by atoms with E-state index in [0.717, 1.165) is 24.2 Å². The maximum Gasteiger partial charge on any atom is 0.343 e. The van der Waals surface area contributed by atoms with Crippen LogP contribution in [-0.4, -0.2) is 12.6 Å². The number of ether oxygens (including phenoxy) is 2. The molecular formula is C19H20O3. The zero-order chi connectivity index (χ0) is 15.8. The molecule has 0 fully saturated rings. The Bertz CT molecular complexity index is 612. The van der Waals surface area contributed by atoms with Crippen LogP contribution in [0.1, 0.15) is 34.8 Å². The van der Waals surface area contributed by atoms with Gasteiger partial charge in [0, 0.05) is 6.61 Å². The summed E-state index contributed by atoms with van der Waals surface area (Å²) in [5.41, 5.74) is 2.55. The van der Waals surface area contributed by atoms with E-state index in [1.165, 1.54) is 0 Å². The number of hydrogen-bond acceptors (Lipinski definition) is 3. The van der Waals surface area contributed by atoms with Gasteiger partial charge in [-0.3, -0.25) is 0 Å². The summed E-state index contributed by atoms with van der Waals surface area (Å²) in [6.45, 7) is 7.06. The standard InChI is InChI=1S/C19H20O3/c1-3-13-21-14-16-5-9-17(10-6-16)19(20)22-18-11-7-15(4-2)8-12-18/h4-12H,2-3,13-14H2,1H3. The zero-order valence-corrected chi connectivity index (χ0v) is 12.7. The predicted octanol–water partition coefficient (Wildman–Crippen LogP) is 4.48. The van der Waals surface area contributed by atoms with Crippen molar-refractivity contribution >= 4 is 12.0 Å². The molecule has 3 nitrogen and oxygen atoms in total. The van der Waals surface area contributed by atoms with Crippen LogP contribution in [-0.2, 0) is 11.3 Å². The third kappa shape index (κ3) is 4.57. The molecule has 0 radical (unpaired) electrons. The van der Waals surface area contributed by atoms with Gasteiger partial charge < -0.3 is 9.47 Å². The van der Waals surface area contributed by atoms with Crippen LogP contribution in [0.4, 0.5) is 0 Å². The van der Waals surface area contributed by atoms with Gasteiger partial charge in [-0.15, -0.1) is 0 Å². The van der Waals surface area contributed by atoms with Gasteiger partial charge in [0.1, 0.15) is 5.75 Å². The molecule has 0 saturated carbocycles. The van der Waals surface area contributed by atoms with Crippen LogP contribution in [0.2, 0.25) is 0 Å². The topological polar surface area (TPSA) is 35.5 Å². The second-order valence-corrected chi connectivity index (χ2v) is 4.91. The fraction of sp³-hybridized carbons (Fsp3) is 0.211. The molecule has 3 heteroatoms. The van der Waals surface area contributed by atoms with Crippen LogP contribution >= 0.6 is 0 Å². The predicted molar refractivity (Wildman–Crippen MR) is 87.9 cm³/mol. The molecule has 0 aromatic heterocycles. The van der Waals surface area contributed by atoms with Crippen LogP contribution in [0.15, 0.2) is 55.1 Å². The Balaban J connectivity index is 1.95. The summed E-state index contributed by atoms with van der Waals surface area (Å²) in [5.74, 6) is 0.151. The lowest BCUT2D eigenvalue weighted by Crippen LogP contribution is -2.08. The summed E-state index contributed by atoms with van der Waals surface area (Å²) in [4.78, 5) is 12.1. The summed E-state index contributed by atoms with van der Waals surface area (Å²) in [6, 6.07) is 14.5. The number of esters is 1. The highest BCUT2D eigenvalue weighted by Crippen LogP contribution is 2.15. The van der Waals surface area contributed by atoms with Gasteiger partial charge in [0.05, 0.1) is 12.2 Å². The van der Waals surface area contributed by atoms with Gasteiger partial charge in [0.25, 0.3) is 0 Å². The fourth-order valence-electron chi connectivity index (χ4n) is 1.91. The first-order valence-electron chi connectivity index (χ1n) is 7.34. The van der Waals surface area contributed by atoms with Crippen molar-refractivity contribution in [2.45, 2.75) is 20.0 Å². The maximum absolute atomic E-state index is 12.1. The minimum Gasteiger partial charge on any atom is -0.423 e. The lowest BCUT2D eigenvalue weighted by Gasteiger charge is -2.06. The highest BCUT2D eigenvalue weighted by atomic mass is 16.5. The van der Waals surface area contributed by atoms with E-state index < -0.39 is 0 Å². The Kier molecular flexibility index (Phi) is 5.92. The molecule has 0 amide bonds. The first-order chi connectivity index (χ1) is 10.7. The quantitative estimate of drug-likeness (QED) is 0.429. The van der Waals surface area contributed by atoms with E-state index >= 15 is 0 Å². The first-order valence-corrected chi connectivity index (χ1v) is 7.34. The molecule has 0 aliphatic carbocycles. The number of carbonyl (C=O) groups is 1. The molecule has 0 N–H and O–H groups in total. The lowest BCUT2D eigenvalue weighted by atomic mass is 10.1. The molecule has 114 valence electrons. The largest absolute Gasteiger partial charge is 0.423 e. The molecule has 0 heterocycles. The Labute approximate surface area is 131 Å². The van der Waals surface area contributed by atoms with E-state index in [-0.39, 0.29) is 5.97 Å². The summed E-state index contributed by atoms with van der Waals surface area (Å²) in [6.07, 6.45) is 2.74. The Morgan fingerprint density at radius 3 is 2.36 bits per heavy atom. The van der Waals surface area contributed by atoms with Crippen molar-refractivity contribution in [1.82, 2.24) is 0 Å². The molecule has 0 bridgehead atoms. The molecule has 0 aliphatic heterocycles. The maximum atomic E-state index is 12.1. The van der Waals surface area contributed by atoms with Gasteiger partial charge in [-0.25, -0.2) is 4.79 Å². The van der Waals surface area contributed by atoms with Crippen molar-refractivity contribution in [2.24, 2.45) is 0 Å². The van der Waals surface area contributed by atoms with E-state index in [1.54, 1.807) is 30.3 Å². The van der Waals surface area contributed by atoms with Crippen LogP contribution in [0, 0.1) is 0 Å². The molecule has 0 unspecified atom stereocenters. The lowest BCUT2D eigenvalue weighted by molar-refractivity contribution is 0.0734. The Hall–Kier alpha value is -2.39. The second kappa shape index (κ2) is 8.15.